The van der Waals surface area contributed by atoms with Crippen molar-refractivity contribution in [3.05, 3.63) is 66.2 Å². The molecule has 0 aliphatic heterocycles. The van der Waals surface area contributed by atoms with E-state index in [1.165, 1.54) is 0 Å². The topological polar surface area (TPSA) is 73.2 Å². The maximum atomic E-state index is 12.6. The summed E-state index contributed by atoms with van der Waals surface area (Å²) in [4.78, 5) is 24.1. The van der Waals surface area contributed by atoms with Crippen molar-refractivity contribution >= 4 is 17.5 Å². The standard InChI is InChI=1S/C24H22F3N3O3/c25-24(26,27)15-33-14-16-5-4-6-17(11-16)21-13-22(28-23(32)18-9-10-20(31)12-18)29-30(21)19-7-2-1-3-8-19/h1-8,11,13,18H,9-10,12,14-15H2,(H,28,29,32)/t18-/m1/s1. The number of hydrogen-bond donors (Lipinski definition) is 1. The van der Waals surface area contributed by atoms with Crippen LogP contribution in [0.2, 0.25) is 0 Å². The van der Waals surface area contributed by atoms with Crippen LogP contribution in [0.5, 0.6) is 0 Å². The lowest BCUT2D eigenvalue weighted by Crippen LogP contribution is -2.21. The lowest BCUT2D eigenvalue weighted by Gasteiger charge is -2.10. The van der Waals surface area contributed by atoms with Gasteiger partial charge in [-0.25, -0.2) is 4.68 Å². The maximum Gasteiger partial charge on any atom is 0.411 e. The molecule has 1 aliphatic carbocycles. The Bertz CT molecular complexity index is 1140. The van der Waals surface area contributed by atoms with E-state index in [1.807, 2.05) is 36.4 Å². The third kappa shape index (κ3) is 5.87. The number of halogens is 3. The van der Waals surface area contributed by atoms with Gasteiger partial charge in [-0.15, -0.1) is 5.10 Å². The van der Waals surface area contributed by atoms with Gasteiger partial charge in [0, 0.05) is 30.4 Å². The molecule has 0 radical (unpaired) electrons. The quantitative estimate of drug-likeness (QED) is 0.546. The molecule has 1 aromatic heterocycles. The second-order valence-electron chi connectivity index (χ2n) is 7.94. The molecule has 0 bridgehead atoms. The lowest BCUT2D eigenvalue weighted by atomic mass is 10.1. The molecule has 1 fully saturated rings. The number of para-hydroxylation sites is 1. The molecule has 4 rings (SSSR count). The summed E-state index contributed by atoms with van der Waals surface area (Å²) >= 11 is 0. The maximum absolute atomic E-state index is 12.6. The molecule has 0 unspecified atom stereocenters. The number of rotatable bonds is 7. The molecule has 0 saturated heterocycles. The van der Waals surface area contributed by atoms with Gasteiger partial charge in [-0.1, -0.05) is 36.4 Å². The van der Waals surface area contributed by atoms with Crippen LogP contribution >= 0.6 is 0 Å². The van der Waals surface area contributed by atoms with E-state index in [1.54, 1.807) is 28.9 Å². The lowest BCUT2D eigenvalue weighted by molar-refractivity contribution is -0.176. The molecule has 172 valence electrons. The number of amides is 1. The Balaban J connectivity index is 1.61. The van der Waals surface area contributed by atoms with Crippen molar-refractivity contribution in [1.29, 1.82) is 0 Å². The molecule has 6 nitrogen and oxygen atoms in total. The normalized spacial score (nSPS) is 16.2. The van der Waals surface area contributed by atoms with Gasteiger partial charge in [0.25, 0.3) is 0 Å². The summed E-state index contributed by atoms with van der Waals surface area (Å²) in [5.74, 6) is -0.205. The number of alkyl halides is 3. The Kier molecular flexibility index (Phi) is 6.60. The predicted molar refractivity (Wildman–Crippen MR) is 116 cm³/mol. The Hall–Kier alpha value is -3.46. The highest BCUT2D eigenvalue weighted by Gasteiger charge is 2.29. The number of nitrogens with zero attached hydrogens (tertiary/aromatic N) is 2. The minimum Gasteiger partial charge on any atom is -0.367 e. The van der Waals surface area contributed by atoms with Gasteiger partial charge in [0.2, 0.25) is 5.91 Å². The largest absolute Gasteiger partial charge is 0.411 e. The first-order valence-electron chi connectivity index (χ1n) is 10.5. The summed E-state index contributed by atoms with van der Waals surface area (Å²) < 4.78 is 43.6. The minimum absolute atomic E-state index is 0.0789. The number of carbonyl (C=O) groups is 2. The van der Waals surface area contributed by atoms with Crippen LogP contribution in [0.4, 0.5) is 19.0 Å². The first-order chi connectivity index (χ1) is 15.8. The molecule has 3 aromatic rings. The van der Waals surface area contributed by atoms with E-state index in [2.05, 4.69) is 10.4 Å². The number of Topliss-reactive ketones (excluding diaryl/α,β-unsaturated/α-hetero) is 1. The van der Waals surface area contributed by atoms with E-state index in [9.17, 15) is 22.8 Å². The van der Waals surface area contributed by atoms with Crippen molar-refractivity contribution in [3.63, 3.8) is 0 Å². The molecular formula is C24H22F3N3O3. The Morgan fingerprint density at radius 1 is 1.12 bits per heavy atom. The van der Waals surface area contributed by atoms with E-state index in [0.717, 1.165) is 5.69 Å². The summed E-state index contributed by atoms with van der Waals surface area (Å²) in [6.45, 7) is -1.51. The number of benzene rings is 2. The zero-order valence-corrected chi connectivity index (χ0v) is 17.6. The van der Waals surface area contributed by atoms with Crippen LogP contribution in [0.15, 0.2) is 60.7 Å². The number of nitrogens with one attached hydrogen (secondary N) is 1. The molecule has 1 heterocycles. The third-order valence-electron chi connectivity index (χ3n) is 5.34. The van der Waals surface area contributed by atoms with Crippen LogP contribution in [0.25, 0.3) is 16.9 Å². The van der Waals surface area contributed by atoms with E-state index in [0.29, 0.717) is 35.5 Å². The fourth-order valence-corrected chi connectivity index (χ4v) is 3.79. The van der Waals surface area contributed by atoms with Crippen molar-refractivity contribution in [1.82, 2.24) is 9.78 Å². The average molecular weight is 457 g/mol. The molecule has 0 spiro atoms. The Labute approximate surface area is 188 Å². The van der Waals surface area contributed by atoms with Gasteiger partial charge in [-0.05, 0) is 30.2 Å². The zero-order chi connectivity index (χ0) is 23.4. The van der Waals surface area contributed by atoms with Crippen LogP contribution in [0, 0.1) is 5.92 Å². The van der Waals surface area contributed by atoms with Crippen LogP contribution in [-0.2, 0) is 20.9 Å². The molecule has 1 amide bonds. The molecule has 2 aromatic carbocycles. The van der Waals surface area contributed by atoms with E-state index in [4.69, 9.17) is 4.74 Å². The van der Waals surface area contributed by atoms with Gasteiger partial charge >= 0.3 is 6.18 Å². The van der Waals surface area contributed by atoms with Gasteiger partial charge in [0.15, 0.2) is 5.82 Å². The number of ether oxygens (including phenoxy) is 1. The number of aromatic nitrogens is 2. The minimum atomic E-state index is -4.39. The summed E-state index contributed by atoms with van der Waals surface area (Å²) in [5.41, 5.74) is 2.68. The van der Waals surface area contributed by atoms with Crippen molar-refractivity contribution in [3.8, 4) is 16.9 Å². The summed E-state index contributed by atoms with van der Waals surface area (Å²) in [6.07, 6.45) is -3.22. The highest BCUT2D eigenvalue weighted by atomic mass is 19.4. The van der Waals surface area contributed by atoms with Crippen LogP contribution in [0.1, 0.15) is 24.8 Å². The van der Waals surface area contributed by atoms with Gasteiger partial charge in [-0.2, -0.15) is 13.2 Å². The van der Waals surface area contributed by atoms with Crippen molar-refractivity contribution < 1.29 is 27.5 Å². The Morgan fingerprint density at radius 3 is 2.61 bits per heavy atom. The summed E-state index contributed by atoms with van der Waals surface area (Å²) in [7, 11) is 0. The van der Waals surface area contributed by atoms with Crippen molar-refractivity contribution in [2.45, 2.75) is 32.0 Å². The zero-order valence-electron chi connectivity index (χ0n) is 17.6. The van der Waals surface area contributed by atoms with Gasteiger partial charge in [-0.3, -0.25) is 9.59 Å². The van der Waals surface area contributed by atoms with E-state index in [-0.39, 0.29) is 30.6 Å². The monoisotopic (exact) mass is 457 g/mol. The first-order valence-corrected chi connectivity index (χ1v) is 10.5. The van der Waals surface area contributed by atoms with Crippen molar-refractivity contribution in [2.24, 2.45) is 5.92 Å². The van der Waals surface area contributed by atoms with Gasteiger partial charge in [0.1, 0.15) is 12.4 Å². The molecule has 1 aliphatic rings. The molecule has 1 saturated carbocycles. The van der Waals surface area contributed by atoms with Gasteiger partial charge in [0.05, 0.1) is 18.0 Å². The molecule has 9 heteroatoms. The fraction of sp³-hybridized carbons (Fsp3) is 0.292. The second kappa shape index (κ2) is 9.58. The molecule has 1 N–H and O–H groups in total. The molecular weight excluding hydrogens is 435 g/mol. The van der Waals surface area contributed by atoms with E-state index < -0.39 is 12.8 Å². The van der Waals surface area contributed by atoms with Gasteiger partial charge < -0.3 is 10.1 Å². The molecule has 1 atom stereocenters. The number of carbonyl (C=O) groups excluding carboxylic acids is 2. The third-order valence-corrected chi connectivity index (χ3v) is 5.34. The smallest absolute Gasteiger partial charge is 0.367 e. The number of anilines is 1. The number of ketones is 1. The highest BCUT2D eigenvalue weighted by molar-refractivity contribution is 5.97. The van der Waals surface area contributed by atoms with Crippen LogP contribution in [-0.4, -0.2) is 34.3 Å². The second-order valence-corrected chi connectivity index (χ2v) is 7.94. The number of hydrogen-bond acceptors (Lipinski definition) is 4. The summed E-state index contributed by atoms with van der Waals surface area (Å²) in [5, 5.41) is 7.33. The first kappa shape index (κ1) is 22.7. The fourth-order valence-electron chi connectivity index (χ4n) is 3.79. The average Bonchev–Trinajstić information content (AvgIpc) is 3.40. The van der Waals surface area contributed by atoms with Crippen LogP contribution in [0.3, 0.4) is 0 Å². The van der Waals surface area contributed by atoms with E-state index >= 15 is 0 Å². The highest BCUT2D eigenvalue weighted by Crippen LogP contribution is 2.29. The SMILES string of the molecule is O=C1CC[C@@H](C(=O)Nc2cc(-c3cccc(COCC(F)(F)F)c3)n(-c3ccccc3)n2)C1. The predicted octanol–water partition coefficient (Wildman–Crippen LogP) is 4.93. The van der Waals surface area contributed by atoms with Crippen LogP contribution < -0.4 is 5.32 Å². The Morgan fingerprint density at radius 2 is 1.91 bits per heavy atom. The van der Waals surface area contributed by atoms with Crippen molar-refractivity contribution in [2.75, 3.05) is 11.9 Å². The summed E-state index contributed by atoms with van der Waals surface area (Å²) in [6, 6.07) is 17.9. The molecule has 33 heavy (non-hydrogen) atoms.